The second kappa shape index (κ2) is 13.6. The molecule has 1 unspecified atom stereocenters. The zero-order chi connectivity index (χ0) is 26.8. The summed E-state index contributed by atoms with van der Waals surface area (Å²) >= 11 is 0. The Morgan fingerprint density at radius 3 is 2.68 bits per heavy atom. The molecule has 0 saturated carbocycles. The number of rotatable bonds is 8. The molecule has 12 heteroatoms. The van der Waals surface area contributed by atoms with Gasteiger partial charge in [0.25, 0.3) is 6.43 Å². The average Bonchev–Trinajstić information content (AvgIpc) is 3.26. The van der Waals surface area contributed by atoms with Gasteiger partial charge in [-0.05, 0) is 53.0 Å². The lowest BCUT2D eigenvalue weighted by atomic mass is 10.1. The Hall–Kier alpha value is -3.64. The first kappa shape index (κ1) is 27.9. The minimum absolute atomic E-state index is 0.00553. The molecule has 2 aromatic rings. The number of benzene rings is 1. The molecule has 1 atom stereocenters. The summed E-state index contributed by atoms with van der Waals surface area (Å²) < 4.78 is 32.6. The molecule has 1 aromatic heterocycles. The van der Waals surface area contributed by atoms with Crippen molar-refractivity contribution >= 4 is 30.1 Å². The summed E-state index contributed by atoms with van der Waals surface area (Å²) in [4.78, 5) is 16.1. The van der Waals surface area contributed by atoms with E-state index in [1.165, 1.54) is 16.2 Å². The third-order valence-corrected chi connectivity index (χ3v) is 6.22. The molecule has 2 aliphatic rings. The van der Waals surface area contributed by atoms with Crippen LogP contribution in [0.4, 0.5) is 14.5 Å². The van der Waals surface area contributed by atoms with Crippen LogP contribution in [0.2, 0.25) is 0 Å². The lowest BCUT2D eigenvalue weighted by molar-refractivity contribution is -0.135. The van der Waals surface area contributed by atoms with E-state index in [4.69, 9.17) is 16.3 Å². The number of carbonyl (C=O) groups excluding carboxylic acids is 1. The summed E-state index contributed by atoms with van der Waals surface area (Å²) in [5, 5.41) is 12.3. The number of anilines is 1. The highest BCUT2D eigenvalue weighted by atomic mass is 19.3. The van der Waals surface area contributed by atoms with Gasteiger partial charge >= 0.3 is 0 Å². The molecule has 37 heavy (non-hydrogen) atoms. The number of hydrazine groups is 1. The maximum absolute atomic E-state index is 13.9. The molecule has 1 amide bonds. The van der Waals surface area contributed by atoms with Gasteiger partial charge in [-0.15, -0.1) is 0 Å². The number of piperazine rings is 1. The summed E-state index contributed by atoms with van der Waals surface area (Å²) in [6.07, 6.45) is 5.86. The minimum atomic E-state index is -2.56. The van der Waals surface area contributed by atoms with Gasteiger partial charge < -0.3 is 10.7 Å². The number of amides is 1. The van der Waals surface area contributed by atoms with Crippen molar-refractivity contribution in [2.24, 2.45) is 16.8 Å². The molecule has 0 radical (unpaired) electrons. The number of aromatic nitrogens is 2. The molecule has 4 rings (SSSR count). The van der Waals surface area contributed by atoms with E-state index in [1.54, 1.807) is 29.2 Å². The Balaban J connectivity index is 0.00000186. The zero-order valence-electron chi connectivity index (χ0n) is 21.1. The summed E-state index contributed by atoms with van der Waals surface area (Å²) in [5.74, 6) is 10.7. The van der Waals surface area contributed by atoms with E-state index in [-0.39, 0.29) is 18.9 Å². The number of allylic oxidation sites excluding steroid dienone is 1. The maximum Gasteiger partial charge on any atom is 0.255 e. The number of nitrogens with two attached hydrogens (primary N) is 2. The lowest BCUT2D eigenvalue weighted by Gasteiger charge is -2.41. The van der Waals surface area contributed by atoms with Crippen LogP contribution in [0.25, 0.3) is 12.2 Å². The number of carbonyl (C=O) groups is 1. The van der Waals surface area contributed by atoms with Crippen molar-refractivity contribution < 1.29 is 18.2 Å². The van der Waals surface area contributed by atoms with E-state index in [9.17, 15) is 13.6 Å². The highest BCUT2D eigenvalue weighted by molar-refractivity contribution is 5.80. The number of halogens is 2. The predicted molar refractivity (Wildman–Crippen MR) is 139 cm³/mol. The molecular formula is C25H34F2N8O2. The van der Waals surface area contributed by atoms with E-state index >= 15 is 0 Å². The van der Waals surface area contributed by atoms with Crippen LogP contribution >= 0.6 is 0 Å². The van der Waals surface area contributed by atoms with E-state index < -0.39 is 12.5 Å². The third-order valence-electron chi connectivity index (χ3n) is 6.22. The van der Waals surface area contributed by atoms with Crippen LogP contribution in [0.3, 0.4) is 0 Å². The molecule has 0 spiro atoms. The Bertz CT molecular complexity index is 1100. The van der Waals surface area contributed by atoms with Crippen LogP contribution in [-0.4, -0.2) is 71.0 Å². The molecule has 10 nitrogen and oxygen atoms in total. The van der Waals surface area contributed by atoms with Gasteiger partial charge in [-0.3, -0.25) is 14.7 Å². The monoisotopic (exact) mass is 516 g/mol. The molecule has 1 saturated heterocycles. The number of fused-ring (bicyclic) bond motifs is 1. The van der Waals surface area contributed by atoms with Crippen molar-refractivity contribution in [3.05, 3.63) is 52.9 Å². The highest BCUT2D eigenvalue weighted by Gasteiger charge is 2.35. The summed E-state index contributed by atoms with van der Waals surface area (Å²) in [6, 6.07) is 5.99. The van der Waals surface area contributed by atoms with Gasteiger partial charge in [0, 0.05) is 26.2 Å². The molecule has 200 valence electrons. The maximum atomic E-state index is 13.9. The van der Waals surface area contributed by atoms with Crippen LogP contribution in [0.5, 0.6) is 0 Å². The molecular weight excluding hydrogens is 482 g/mol. The van der Waals surface area contributed by atoms with Gasteiger partial charge in [-0.1, -0.05) is 37.6 Å². The van der Waals surface area contributed by atoms with Crippen LogP contribution in [0.15, 0.2) is 45.6 Å². The van der Waals surface area contributed by atoms with E-state index in [1.807, 2.05) is 32.1 Å². The van der Waals surface area contributed by atoms with Crippen molar-refractivity contribution in [2.75, 3.05) is 31.2 Å². The van der Waals surface area contributed by atoms with Gasteiger partial charge in [0.15, 0.2) is 0 Å². The fourth-order valence-corrected chi connectivity index (χ4v) is 4.26. The summed E-state index contributed by atoms with van der Waals surface area (Å²) in [6.45, 7) is 5.26. The summed E-state index contributed by atoms with van der Waals surface area (Å²) in [5.41, 5.74) is 3.80. The lowest BCUT2D eigenvalue weighted by Crippen LogP contribution is -2.57. The normalized spacial score (nSPS) is 17.7. The molecule has 1 aliphatic carbocycles. The van der Waals surface area contributed by atoms with Crippen molar-refractivity contribution in [3.8, 4) is 0 Å². The first-order valence-corrected chi connectivity index (χ1v) is 12.3. The fraction of sp³-hybridized carbons (Fsp3) is 0.440. The molecule has 4 N–H and O–H groups in total. The number of hydrazone groups is 1. The highest BCUT2D eigenvalue weighted by Crippen LogP contribution is 2.23. The van der Waals surface area contributed by atoms with Crippen molar-refractivity contribution in [1.82, 2.24) is 20.1 Å². The van der Waals surface area contributed by atoms with Gasteiger partial charge in [0.1, 0.15) is 17.7 Å². The first-order valence-electron chi connectivity index (χ1n) is 12.3. The van der Waals surface area contributed by atoms with Gasteiger partial charge in [0.05, 0.1) is 18.2 Å². The molecule has 1 fully saturated rings. The van der Waals surface area contributed by atoms with Crippen LogP contribution < -0.4 is 16.7 Å². The number of nitrogens with zero attached hydrogens (tertiary/aromatic N) is 6. The quantitative estimate of drug-likeness (QED) is 0.237. The standard InChI is InChI=1S/C23H28F2N8O2.C2H6/c24-23(25)21-14-32(22(34)13-17-4-6-18(7-5-17)33(27)15-28-26)11-10-31(21)9-8-16-2-1-3-19-20(12-16)30-35-29-19;1-2/h1,3-7,12,15,21,23H,2,8-11,13-14,26-27H2;1-2H3/b28-15-;. The Morgan fingerprint density at radius 1 is 1.24 bits per heavy atom. The van der Waals surface area contributed by atoms with Crippen LogP contribution in [-0.2, 0) is 11.2 Å². The Morgan fingerprint density at radius 2 is 1.97 bits per heavy atom. The van der Waals surface area contributed by atoms with Crippen molar-refractivity contribution in [2.45, 2.75) is 45.6 Å². The molecule has 1 aliphatic heterocycles. The molecule has 1 aromatic carbocycles. The Labute approximate surface area is 215 Å². The SMILES string of the molecule is CC.N/N=C\N(N)c1ccc(CC(=O)N2CCN(CCC3=Cc4nonc4C=CC3)C(C(F)F)C2)cc1. The van der Waals surface area contributed by atoms with Crippen LogP contribution in [0.1, 0.15) is 43.6 Å². The van der Waals surface area contributed by atoms with E-state index in [2.05, 4.69) is 15.4 Å². The summed E-state index contributed by atoms with van der Waals surface area (Å²) in [7, 11) is 0. The second-order valence-electron chi connectivity index (χ2n) is 8.49. The van der Waals surface area contributed by atoms with Gasteiger partial charge in [-0.25, -0.2) is 19.3 Å². The first-order chi connectivity index (χ1) is 17.9. The largest absolute Gasteiger partial charge is 0.339 e. The smallest absolute Gasteiger partial charge is 0.255 e. The zero-order valence-corrected chi connectivity index (χ0v) is 21.1. The van der Waals surface area contributed by atoms with E-state index in [0.717, 1.165) is 11.1 Å². The number of alkyl halides is 2. The van der Waals surface area contributed by atoms with Crippen molar-refractivity contribution in [3.63, 3.8) is 0 Å². The van der Waals surface area contributed by atoms with E-state index in [0.29, 0.717) is 49.6 Å². The topological polar surface area (TPSA) is 130 Å². The van der Waals surface area contributed by atoms with Crippen molar-refractivity contribution in [1.29, 1.82) is 0 Å². The molecule has 2 heterocycles. The average molecular weight is 517 g/mol. The van der Waals surface area contributed by atoms with Gasteiger partial charge in [0.2, 0.25) is 5.91 Å². The fourth-order valence-electron chi connectivity index (χ4n) is 4.26. The minimum Gasteiger partial charge on any atom is -0.339 e. The number of hydrogen-bond acceptors (Lipinski definition) is 8. The second-order valence-corrected chi connectivity index (χ2v) is 8.49. The van der Waals surface area contributed by atoms with Crippen LogP contribution in [0, 0.1) is 0 Å². The van der Waals surface area contributed by atoms with Gasteiger partial charge in [-0.2, -0.15) is 5.10 Å². The molecule has 0 bridgehead atoms. The predicted octanol–water partition coefficient (Wildman–Crippen LogP) is 2.89. The Kier molecular flexibility index (Phi) is 10.3. The third kappa shape index (κ3) is 7.43. The number of hydrogen-bond donors (Lipinski definition) is 2.